The second-order valence-corrected chi connectivity index (χ2v) is 9.48. The highest BCUT2D eigenvalue weighted by Crippen LogP contribution is 2.29. The first kappa shape index (κ1) is 23.3. The molecule has 36 heavy (non-hydrogen) atoms. The minimum absolute atomic E-state index is 0.329. The molecular formula is C27H23N5O3S. The summed E-state index contributed by atoms with van der Waals surface area (Å²) in [6.45, 7) is 2.24. The second kappa shape index (κ2) is 9.63. The summed E-state index contributed by atoms with van der Waals surface area (Å²) in [7, 11) is 0. The van der Waals surface area contributed by atoms with E-state index in [-0.39, 0.29) is 5.91 Å². The molecule has 1 aliphatic rings. The van der Waals surface area contributed by atoms with Crippen molar-refractivity contribution in [2.75, 3.05) is 5.32 Å². The van der Waals surface area contributed by atoms with Crippen molar-refractivity contribution in [3.05, 3.63) is 101 Å². The summed E-state index contributed by atoms with van der Waals surface area (Å²) in [6, 6.07) is 20.3. The van der Waals surface area contributed by atoms with Crippen molar-refractivity contribution in [1.82, 2.24) is 20.4 Å². The average Bonchev–Trinajstić information content (AvgIpc) is 3.58. The van der Waals surface area contributed by atoms with Crippen LogP contribution in [0.4, 0.5) is 10.5 Å². The Labute approximate surface area is 211 Å². The van der Waals surface area contributed by atoms with Crippen LogP contribution in [0.2, 0.25) is 0 Å². The lowest BCUT2D eigenvalue weighted by molar-refractivity contribution is -0.123. The quantitative estimate of drug-likeness (QED) is 0.261. The summed E-state index contributed by atoms with van der Waals surface area (Å²) < 4.78 is 1.87. The van der Waals surface area contributed by atoms with Crippen LogP contribution in [0.15, 0.2) is 84.4 Å². The molecule has 0 spiro atoms. The molecule has 0 bridgehead atoms. The molecule has 3 heterocycles. The first-order chi connectivity index (χ1) is 17.4. The number of hydrogen-bond acceptors (Lipinski definition) is 5. The van der Waals surface area contributed by atoms with E-state index < -0.39 is 17.5 Å². The van der Waals surface area contributed by atoms with Crippen molar-refractivity contribution >= 4 is 40.9 Å². The van der Waals surface area contributed by atoms with Gasteiger partial charge in [0.2, 0.25) is 5.91 Å². The number of amides is 4. The summed E-state index contributed by atoms with van der Waals surface area (Å²) in [5.74, 6) is -0.769. The zero-order valence-electron chi connectivity index (χ0n) is 19.4. The third-order valence-electron chi connectivity index (χ3n) is 5.90. The molecular weight excluding hydrogens is 474 g/mol. The number of imide groups is 1. The third kappa shape index (κ3) is 4.82. The van der Waals surface area contributed by atoms with Crippen LogP contribution in [0.25, 0.3) is 16.6 Å². The number of benzene rings is 2. The van der Waals surface area contributed by atoms with E-state index in [0.717, 1.165) is 21.7 Å². The highest BCUT2D eigenvalue weighted by Gasteiger charge is 2.43. The Bertz CT molecular complexity index is 1460. The molecule has 0 saturated carbocycles. The lowest BCUT2D eigenvalue weighted by atomic mass is 9.92. The molecule has 4 aromatic rings. The molecule has 180 valence electrons. The SMILES string of the molecule is CC1(c2cccc(NC(=O)/C=C/c3cn(Cc4ccccc4)nc3-c3cccs3)c2)NC(=O)NC1=O. The highest BCUT2D eigenvalue weighted by atomic mass is 32.1. The molecule has 4 amide bonds. The number of carbonyl (C=O) groups is 3. The van der Waals surface area contributed by atoms with Gasteiger partial charge in [-0.3, -0.25) is 19.6 Å². The van der Waals surface area contributed by atoms with E-state index in [1.54, 1.807) is 48.6 Å². The van der Waals surface area contributed by atoms with Gasteiger partial charge in [0, 0.05) is 23.5 Å². The molecule has 1 aliphatic heterocycles. The molecule has 1 saturated heterocycles. The van der Waals surface area contributed by atoms with Crippen LogP contribution in [-0.2, 0) is 21.7 Å². The van der Waals surface area contributed by atoms with Gasteiger partial charge in [0.25, 0.3) is 5.91 Å². The van der Waals surface area contributed by atoms with Gasteiger partial charge in [-0.15, -0.1) is 11.3 Å². The Morgan fingerprint density at radius 1 is 1.11 bits per heavy atom. The largest absolute Gasteiger partial charge is 0.323 e. The summed E-state index contributed by atoms with van der Waals surface area (Å²) in [5.41, 5.74) is 2.64. The fourth-order valence-electron chi connectivity index (χ4n) is 4.02. The van der Waals surface area contributed by atoms with Crippen LogP contribution in [-0.4, -0.2) is 27.6 Å². The van der Waals surface area contributed by atoms with Gasteiger partial charge in [-0.1, -0.05) is 48.5 Å². The molecule has 0 radical (unpaired) electrons. The zero-order valence-corrected chi connectivity index (χ0v) is 20.2. The Hall–Kier alpha value is -4.50. The van der Waals surface area contributed by atoms with Crippen molar-refractivity contribution in [1.29, 1.82) is 0 Å². The number of anilines is 1. The summed E-state index contributed by atoms with van der Waals surface area (Å²) in [6.07, 6.45) is 5.13. The minimum atomic E-state index is -1.20. The number of aromatic nitrogens is 2. The number of thiophene rings is 1. The molecule has 1 unspecified atom stereocenters. The van der Waals surface area contributed by atoms with Crippen molar-refractivity contribution in [2.24, 2.45) is 0 Å². The fourth-order valence-corrected chi connectivity index (χ4v) is 4.75. The molecule has 2 aromatic heterocycles. The monoisotopic (exact) mass is 497 g/mol. The predicted octanol–water partition coefficient (Wildman–Crippen LogP) is 4.37. The number of urea groups is 1. The lowest BCUT2D eigenvalue weighted by Crippen LogP contribution is -2.40. The van der Waals surface area contributed by atoms with Crippen molar-refractivity contribution in [3.63, 3.8) is 0 Å². The summed E-state index contributed by atoms with van der Waals surface area (Å²) in [5, 5.41) is 14.4. The van der Waals surface area contributed by atoms with E-state index in [2.05, 4.69) is 16.0 Å². The lowest BCUT2D eigenvalue weighted by Gasteiger charge is -2.21. The Balaban J connectivity index is 1.34. The van der Waals surface area contributed by atoms with E-state index in [9.17, 15) is 14.4 Å². The average molecular weight is 498 g/mol. The van der Waals surface area contributed by atoms with E-state index in [1.165, 1.54) is 6.08 Å². The highest BCUT2D eigenvalue weighted by molar-refractivity contribution is 7.13. The van der Waals surface area contributed by atoms with Crippen LogP contribution in [0.1, 0.15) is 23.6 Å². The van der Waals surface area contributed by atoms with Crippen LogP contribution < -0.4 is 16.0 Å². The second-order valence-electron chi connectivity index (χ2n) is 8.53. The van der Waals surface area contributed by atoms with Gasteiger partial charge in [-0.2, -0.15) is 5.10 Å². The van der Waals surface area contributed by atoms with E-state index in [4.69, 9.17) is 5.10 Å². The van der Waals surface area contributed by atoms with Gasteiger partial charge >= 0.3 is 6.03 Å². The Morgan fingerprint density at radius 3 is 2.67 bits per heavy atom. The number of nitrogens with one attached hydrogen (secondary N) is 3. The van der Waals surface area contributed by atoms with Gasteiger partial charge < -0.3 is 10.6 Å². The van der Waals surface area contributed by atoms with Gasteiger partial charge in [0.05, 0.1) is 11.4 Å². The first-order valence-electron chi connectivity index (χ1n) is 11.3. The summed E-state index contributed by atoms with van der Waals surface area (Å²) in [4.78, 5) is 37.6. The van der Waals surface area contributed by atoms with Gasteiger partial charge in [-0.05, 0) is 47.7 Å². The van der Waals surface area contributed by atoms with Crippen molar-refractivity contribution < 1.29 is 14.4 Å². The Morgan fingerprint density at radius 2 is 1.94 bits per heavy atom. The van der Waals surface area contributed by atoms with Crippen LogP contribution in [0, 0.1) is 0 Å². The standard InChI is InChI=1S/C27H23N5O3S/c1-27(25(34)29-26(35)30-27)20-9-5-10-21(15-20)28-23(33)13-12-19-17-32(16-18-7-3-2-4-8-18)31-24(19)22-11-6-14-36-22/h2-15,17H,16H2,1H3,(H,28,33)(H2,29,30,34,35)/b13-12+. The molecule has 9 heteroatoms. The number of hydrogen-bond donors (Lipinski definition) is 3. The number of carbonyl (C=O) groups excluding carboxylic acids is 3. The normalized spacial score (nSPS) is 17.2. The molecule has 1 fully saturated rings. The summed E-state index contributed by atoms with van der Waals surface area (Å²) >= 11 is 1.59. The minimum Gasteiger partial charge on any atom is -0.323 e. The number of rotatable bonds is 7. The maximum Gasteiger partial charge on any atom is 0.322 e. The third-order valence-corrected chi connectivity index (χ3v) is 6.77. The van der Waals surface area contributed by atoms with Crippen molar-refractivity contribution in [3.8, 4) is 10.6 Å². The molecule has 0 aliphatic carbocycles. The topological polar surface area (TPSA) is 105 Å². The van der Waals surface area contributed by atoms with Crippen molar-refractivity contribution in [2.45, 2.75) is 19.0 Å². The molecule has 2 aromatic carbocycles. The van der Waals surface area contributed by atoms with E-state index >= 15 is 0 Å². The van der Waals surface area contributed by atoms with E-state index in [0.29, 0.717) is 17.8 Å². The molecule has 8 nitrogen and oxygen atoms in total. The molecule has 5 rings (SSSR count). The first-order valence-corrected chi connectivity index (χ1v) is 12.2. The van der Waals surface area contributed by atoms with Gasteiger partial charge in [0.1, 0.15) is 11.2 Å². The van der Waals surface area contributed by atoms with Gasteiger partial charge in [-0.25, -0.2) is 4.79 Å². The fraction of sp³-hybridized carbons (Fsp3) is 0.111. The molecule has 1 atom stereocenters. The number of nitrogens with zero attached hydrogens (tertiary/aromatic N) is 2. The predicted molar refractivity (Wildman–Crippen MR) is 139 cm³/mol. The van der Waals surface area contributed by atoms with Crippen LogP contribution >= 0.6 is 11.3 Å². The van der Waals surface area contributed by atoms with Crippen LogP contribution in [0.3, 0.4) is 0 Å². The maximum atomic E-state index is 12.7. The van der Waals surface area contributed by atoms with Crippen LogP contribution in [0.5, 0.6) is 0 Å². The zero-order chi connectivity index (χ0) is 25.1. The van der Waals surface area contributed by atoms with E-state index in [1.807, 2.05) is 58.7 Å². The Kier molecular flexibility index (Phi) is 6.22. The maximum absolute atomic E-state index is 12.7. The smallest absolute Gasteiger partial charge is 0.322 e. The van der Waals surface area contributed by atoms with Gasteiger partial charge in [0.15, 0.2) is 0 Å². The molecule has 3 N–H and O–H groups in total.